The molecule has 0 saturated carbocycles. The van der Waals surface area contributed by atoms with Crippen molar-refractivity contribution in [3.63, 3.8) is 0 Å². The average molecular weight is 305 g/mol. The van der Waals surface area contributed by atoms with Crippen LogP contribution in [-0.2, 0) is 10.0 Å². The third-order valence-corrected chi connectivity index (χ3v) is 5.76. The quantitative estimate of drug-likeness (QED) is 0.868. The van der Waals surface area contributed by atoms with Gasteiger partial charge in [-0.05, 0) is 51.5 Å². The second kappa shape index (κ2) is 6.32. The minimum Gasteiger partial charge on any atom is -0.312 e. The molecule has 1 aliphatic rings. The van der Waals surface area contributed by atoms with Gasteiger partial charge in [-0.1, -0.05) is 20.8 Å². The summed E-state index contributed by atoms with van der Waals surface area (Å²) in [7, 11) is -3.12. The van der Waals surface area contributed by atoms with E-state index in [9.17, 15) is 8.42 Å². The number of nitrogens with zero attached hydrogens (tertiary/aromatic N) is 1. The van der Waals surface area contributed by atoms with Crippen molar-refractivity contribution in [2.75, 3.05) is 25.4 Å². The minimum atomic E-state index is -3.12. The average Bonchev–Trinajstić information content (AvgIpc) is 2.22. The van der Waals surface area contributed by atoms with Gasteiger partial charge in [0.15, 0.2) is 0 Å². The van der Waals surface area contributed by atoms with Crippen LogP contribution in [0.4, 0.5) is 0 Å². The van der Waals surface area contributed by atoms with Crippen LogP contribution in [0.15, 0.2) is 0 Å². The third kappa shape index (κ3) is 6.55. The first-order valence-corrected chi connectivity index (χ1v) is 9.23. The molecule has 0 aliphatic carbocycles. The lowest BCUT2D eigenvalue weighted by Crippen LogP contribution is -2.47. The van der Waals surface area contributed by atoms with Gasteiger partial charge in [-0.25, -0.2) is 12.7 Å². The molecular weight excluding hydrogens is 272 g/mol. The van der Waals surface area contributed by atoms with E-state index in [1.54, 1.807) is 4.31 Å². The van der Waals surface area contributed by atoms with Gasteiger partial charge in [0.05, 0.1) is 5.75 Å². The molecule has 1 rings (SSSR count). The summed E-state index contributed by atoms with van der Waals surface area (Å²) < 4.78 is 26.6. The van der Waals surface area contributed by atoms with Crippen LogP contribution in [0.3, 0.4) is 0 Å². The summed E-state index contributed by atoms with van der Waals surface area (Å²) in [5.41, 5.74) is -0.0952. The van der Waals surface area contributed by atoms with Gasteiger partial charge < -0.3 is 5.32 Å². The molecule has 0 bridgehead atoms. The van der Waals surface area contributed by atoms with E-state index in [0.29, 0.717) is 19.0 Å². The molecule has 1 fully saturated rings. The SMILES string of the molecule is CC(C)(C)CS(=O)(=O)N1CCCC(CNC(C)(C)C)C1. The standard InChI is InChI=1S/C15H32N2O2S/c1-14(2,3)12-20(18,19)17-9-7-8-13(11-17)10-16-15(4,5)6/h13,16H,7-12H2,1-6H3. The van der Waals surface area contributed by atoms with Crippen LogP contribution in [0.2, 0.25) is 0 Å². The van der Waals surface area contributed by atoms with Crippen LogP contribution in [0.1, 0.15) is 54.4 Å². The number of hydrogen-bond acceptors (Lipinski definition) is 3. The number of hydrogen-bond donors (Lipinski definition) is 1. The lowest BCUT2D eigenvalue weighted by atomic mass is 9.98. The van der Waals surface area contributed by atoms with Crippen molar-refractivity contribution >= 4 is 10.0 Å². The van der Waals surface area contributed by atoms with Crippen LogP contribution in [0, 0.1) is 11.3 Å². The molecule has 1 atom stereocenters. The molecule has 0 aromatic rings. The van der Waals surface area contributed by atoms with E-state index < -0.39 is 10.0 Å². The molecule has 1 saturated heterocycles. The molecular formula is C15H32N2O2S. The summed E-state index contributed by atoms with van der Waals surface area (Å²) in [5.74, 6) is 0.664. The second-order valence-electron chi connectivity index (χ2n) is 8.31. The molecule has 0 amide bonds. The Labute approximate surface area is 125 Å². The summed E-state index contributed by atoms with van der Waals surface area (Å²) in [6, 6.07) is 0. The molecule has 1 aliphatic heterocycles. The minimum absolute atomic E-state index is 0.0898. The van der Waals surface area contributed by atoms with E-state index in [2.05, 4.69) is 26.1 Å². The molecule has 1 heterocycles. The zero-order valence-electron chi connectivity index (χ0n) is 14.0. The number of rotatable bonds is 4. The van der Waals surface area contributed by atoms with E-state index in [0.717, 1.165) is 19.4 Å². The van der Waals surface area contributed by atoms with Gasteiger partial charge in [0.25, 0.3) is 0 Å². The van der Waals surface area contributed by atoms with Gasteiger partial charge in [0, 0.05) is 18.6 Å². The first-order valence-electron chi connectivity index (χ1n) is 7.62. The van der Waals surface area contributed by atoms with Gasteiger partial charge >= 0.3 is 0 Å². The fourth-order valence-corrected chi connectivity index (χ4v) is 4.66. The third-order valence-electron chi connectivity index (χ3n) is 3.41. The number of nitrogens with one attached hydrogen (secondary N) is 1. The summed E-state index contributed by atoms with van der Waals surface area (Å²) >= 11 is 0. The molecule has 0 radical (unpaired) electrons. The lowest BCUT2D eigenvalue weighted by molar-refractivity contribution is 0.243. The topological polar surface area (TPSA) is 49.4 Å². The van der Waals surface area contributed by atoms with E-state index >= 15 is 0 Å². The van der Waals surface area contributed by atoms with E-state index in [4.69, 9.17) is 0 Å². The Bertz CT molecular complexity index is 405. The highest BCUT2D eigenvalue weighted by Gasteiger charge is 2.32. The summed E-state index contributed by atoms with van der Waals surface area (Å²) in [5, 5.41) is 3.49. The maximum atomic E-state index is 12.5. The van der Waals surface area contributed by atoms with E-state index in [-0.39, 0.29) is 16.7 Å². The summed E-state index contributed by atoms with van der Waals surface area (Å²) in [6.45, 7) is 14.6. The fourth-order valence-electron chi connectivity index (χ4n) is 2.54. The second-order valence-corrected chi connectivity index (χ2v) is 10.3. The Morgan fingerprint density at radius 1 is 1.15 bits per heavy atom. The zero-order chi connectivity index (χ0) is 15.6. The lowest BCUT2D eigenvalue weighted by Gasteiger charge is -2.35. The molecule has 120 valence electrons. The Kier molecular flexibility index (Phi) is 5.67. The van der Waals surface area contributed by atoms with Crippen molar-refractivity contribution in [3.8, 4) is 0 Å². The molecule has 0 aromatic heterocycles. The van der Waals surface area contributed by atoms with Gasteiger partial charge in [-0.3, -0.25) is 0 Å². The molecule has 5 heteroatoms. The van der Waals surface area contributed by atoms with Crippen molar-refractivity contribution in [2.24, 2.45) is 11.3 Å². The summed E-state index contributed by atoms with van der Waals surface area (Å²) in [4.78, 5) is 0. The maximum absolute atomic E-state index is 12.5. The molecule has 20 heavy (non-hydrogen) atoms. The normalized spacial score (nSPS) is 23.0. The van der Waals surface area contributed by atoms with E-state index in [1.165, 1.54) is 0 Å². The van der Waals surface area contributed by atoms with Crippen molar-refractivity contribution in [1.29, 1.82) is 0 Å². The Morgan fingerprint density at radius 2 is 1.75 bits per heavy atom. The number of piperidine rings is 1. The smallest absolute Gasteiger partial charge is 0.214 e. The van der Waals surface area contributed by atoms with Gasteiger partial charge in [-0.2, -0.15) is 0 Å². The van der Waals surface area contributed by atoms with Crippen LogP contribution in [0.5, 0.6) is 0 Å². The Balaban J connectivity index is 2.60. The van der Waals surface area contributed by atoms with Crippen LogP contribution < -0.4 is 5.32 Å². The van der Waals surface area contributed by atoms with Gasteiger partial charge in [0.2, 0.25) is 10.0 Å². The molecule has 0 spiro atoms. The predicted octanol–water partition coefficient (Wildman–Crippen LogP) is 2.46. The van der Waals surface area contributed by atoms with Gasteiger partial charge in [0.1, 0.15) is 0 Å². The monoisotopic (exact) mass is 304 g/mol. The van der Waals surface area contributed by atoms with Crippen molar-refractivity contribution in [2.45, 2.75) is 59.9 Å². The molecule has 1 N–H and O–H groups in total. The molecule has 0 aromatic carbocycles. The molecule has 4 nitrogen and oxygen atoms in total. The van der Waals surface area contributed by atoms with Gasteiger partial charge in [-0.15, -0.1) is 0 Å². The highest BCUT2D eigenvalue weighted by atomic mass is 32.2. The van der Waals surface area contributed by atoms with Crippen molar-refractivity contribution in [1.82, 2.24) is 9.62 Å². The fraction of sp³-hybridized carbons (Fsp3) is 1.00. The zero-order valence-corrected chi connectivity index (χ0v) is 14.8. The molecule has 1 unspecified atom stereocenters. The van der Waals surface area contributed by atoms with Crippen LogP contribution in [-0.4, -0.2) is 43.6 Å². The first-order chi connectivity index (χ1) is 8.89. The first kappa shape index (κ1) is 17.9. The maximum Gasteiger partial charge on any atom is 0.214 e. The Morgan fingerprint density at radius 3 is 2.25 bits per heavy atom. The summed E-state index contributed by atoms with van der Waals surface area (Å²) in [6.07, 6.45) is 2.09. The highest BCUT2D eigenvalue weighted by molar-refractivity contribution is 7.89. The largest absolute Gasteiger partial charge is 0.312 e. The van der Waals surface area contributed by atoms with E-state index in [1.807, 2.05) is 20.8 Å². The van der Waals surface area contributed by atoms with Crippen molar-refractivity contribution < 1.29 is 8.42 Å². The van der Waals surface area contributed by atoms with Crippen molar-refractivity contribution in [3.05, 3.63) is 0 Å². The van der Waals surface area contributed by atoms with Crippen LogP contribution >= 0.6 is 0 Å². The number of sulfonamides is 1. The Hall–Kier alpha value is -0.130. The highest BCUT2D eigenvalue weighted by Crippen LogP contribution is 2.24. The predicted molar refractivity (Wildman–Crippen MR) is 85.3 cm³/mol. The van der Waals surface area contributed by atoms with Crippen LogP contribution in [0.25, 0.3) is 0 Å².